The van der Waals surface area contributed by atoms with Gasteiger partial charge in [0.15, 0.2) is 0 Å². The highest BCUT2D eigenvalue weighted by Gasteiger charge is 2.44. The Morgan fingerprint density at radius 3 is 2.71 bits per heavy atom. The van der Waals surface area contributed by atoms with Gasteiger partial charge >= 0.3 is 5.97 Å². The second-order valence-electron chi connectivity index (χ2n) is 8.51. The Morgan fingerprint density at radius 2 is 2.00 bits per heavy atom. The van der Waals surface area contributed by atoms with E-state index in [1.165, 1.54) is 0 Å². The first-order valence-corrected chi connectivity index (χ1v) is 13.0. The minimum atomic E-state index is -1.47. The van der Waals surface area contributed by atoms with Gasteiger partial charge in [0, 0.05) is 23.2 Å². The standard InChI is InChI=1S/C24H26ClNO6S2/c1-12(2)24(30)31-10-17-20(27)21(28)22(29)23(32-17)13-3-4-16(25)15(7-13)8-19-26-9-18(34-19)14-5-6-33-11-14/h3-7,9,11-12,17,20-23,27-29H,8,10H2,1-2H3/t17-,20+,21-,22-,23+/m1/s1. The van der Waals surface area contributed by atoms with Gasteiger partial charge in [-0.2, -0.15) is 11.3 Å². The fourth-order valence-corrected chi connectivity index (χ4v) is 5.55. The van der Waals surface area contributed by atoms with E-state index in [9.17, 15) is 20.1 Å². The number of rotatable bonds is 7. The number of hydrogen-bond donors (Lipinski definition) is 3. The largest absolute Gasteiger partial charge is 0.463 e. The van der Waals surface area contributed by atoms with Crippen LogP contribution in [0, 0.1) is 5.92 Å². The van der Waals surface area contributed by atoms with Crippen LogP contribution < -0.4 is 0 Å². The maximum absolute atomic E-state index is 11.8. The molecule has 3 heterocycles. The summed E-state index contributed by atoms with van der Waals surface area (Å²) in [4.78, 5) is 17.4. The Kier molecular flexibility index (Phi) is 8.04. The molecule has 0 radical (unpaired) electrons. The number of aromatic nitrogens is 1. The lowest BCUT2D eigenvalue weighted by Crippen LogP contribution is -2.55. The van der Waals surface area contributed by atoms with E-state index in [1.54, 1.807) is 48.7 Å². The molecule has 2 aromatic heterocycles. The SMILES string of the molecule is CC(C)C(=O)OC[C@H]1O[C@@H](c2ccc(Cl)c(Cc3ncc(-c4ccsc4)s3)c2)[C@H](O)[C@H](O)[C@H]1O. The number of benzene rings is 1. The van der Waals surface area contributed by atoms with E-state index in [0.717, 1.165) is 21.0 Å². The van der Waals surface area contributed by atoms with E-state index >= 15 is 0 Å². The topological polar surface area (TPSA) is 109 Å². The van der Waals surface area contributed by atoms with Crippen LogP contribution >= 0.6 is 34.3 Å². The quantitative estimate of drug-likeness (QED) is 0.404. The normalized spacial score (nSPS) is 25.0. The van der Waals surface area contributed by atoms with Crippen LogP contribution in [0.4, 0.5) is 0 Å². The molecule has 0 bridgehead atoms. The molecule has 1 aliphatic rings. The molecule has 0 saturated carbocycles. The van der Waals surface area contributed by atoms with Crippen LogP contribution in [0.2, 0.25) is 5.02 Å². The number of aliphatic hydroxyl groups is 3. The van der Waals surface area contributed by atoms with Crippen LogP contribution in [0.25, 0.3) is 10.4 Å². The number of ether oxygens (including phenoxy) is 2. The molecule has 1 aromatic carbocycles. The maximum atomic E-state index is 11.8. The zero-order valence-corrected chi connectivity index (χ0v) is 21.0. The number of halogens is 1. The van der Waals surface area contributed by atoms with Crippen molar-refractivity contribution in [1.82, 2.24) is 4.98 Å². The summed E-state index contributed by atoms with van der Waals surface area (Å²) >= 11 is 9.66. The smallest absolute Gasteiger partial charge is 0.308 e. The minimum Gasteiger partial charge on any atom is -0.463 e. The van der Waals surface area contributed by atoms with Crippen molar-refractivity contribution >= 4 is 40.2 Å². The van der Waals surface area contributed by atoms with E-state index in [2.05, 4.69) is 10.4 Å². The summed E-state index contributed by atoms with van der Waals surface area (Å²) in [6.07, 6.45) is -3.82. The van der Waals surface area contributed by atoms with E-state index in [4.69, 9.17) is 21.1 Å². The third-order valence-corrected chi connectivity index (χ3v) is 7.77. The summed E-state index contributed by atoms with van der Waals surface area (Å²) in [6, 6.07) is 7.27. The summed E-state index contributed by atoms with van der Waals surface area (Å²) in [5, 5.41) is 36.9. The zero-order chi connectivity index (χ0) is 24.4. The zero-order valence-electron chi connectivity index (χ0n) is 18.6. The van der Waals surface area contributed by atoms with Crippen LogP contribution in [-0.2, 0) is 20.7 Å². The monoisotopic (exact) mass is 523 g/mol. The summed E-state index contributed by atoms with van der Waals surface area (Å²) in [7, 11) is 0. The highest BCUT2D eigenvalue weighted by Crippen LogP contribution is 2.35. The third-order valence-electron chi connectivity index (χ3n) is 5.67. The lowest BCUT2D eigenvalue weighted by molar-refractivity contribution is -0.234. The Hall–Kier alpha value is -1.85. The van der Waals surface area contributed by atoms with Crippen LogP contribution in [-0.4, -0.2) is 57.3 Å². The number of esters is 1. The van der Waals surface area contributed by atoms with Gasteiger partial charge in [0.05, 0.1) is 15.8 Å². The minimum absolute atomic E-state index is 0.233. The van der Waals surface area contributed by atoms with Crippen molar-refractivity contribution in [3.63, 3.8) is 0 Å². The molecule has 0 unspecified atom stereocenters. The summed E-state index contributed by atoms with van der Waals surface area (Å²) in [5.41, 5.74) is 2.52. The van der Waals surface area contributed by atoms with Gasteiger partial charge in [-0.25, -0.2) is 4.98 Å². The number of thiazole rings is 1. The number of aliphatic hydroxyl groups excluding tert-OH is 3. The second kappa shape index (κ2) is 10.8. The molecule has 5 atom stereocenters. The Bertz CT molecular complexity index is 1120. The number of nitrogens with zero attached hydrogens (tertiary/aromatic N) is 1. The van der Waals surface area contributed by atoms with Crippen LogP contribution in [0.5, 0.6) is 0 Å². The predicted octanol–water partition coefficient (Wildman–Crippen LogP) is 3.84. The van der Waals surface area contributed by atoms with Crippen molar-refractivity contribution in [2.45, 2.75) is 50.8 Å². The van der Waals surface area contributed by atoms with Crippen molar-refractivity contribution in [3.8, 4) is 10.4 Å². The van der Waals surface area contributed by atoms with Gasteiger partial charge in [-0.15, -0.1) is 11.3 Å². The molecule has 3 N–H and O–H groups in total. The molecule has 182 valence electrons. The first kappa shape index (κ1) is 25.2. The van der Waals surface area contributed by atoms with Crippen molar-refractivity contribution in [2.75, 3.05) is 6.61 Å². The van der Waals surface area contributed by atoms with Gasteiger partial charge in [-0.3, -0.25) is 4.79 Å². The summed E-state index contributed by atoms with van der Waals surface area (Å²) in [5.74, 6) is -0.774. The third kappa shape index (κ3) is 5.52. The van der Waals surface area contributed by atoms with Gasteiger partial charge in [-0.1, -0.05) is 37.6 Å². The van der Waals surface area contributed by atoms with Crippen LogP contribution in [0.1, 0.15) is 36.1 Å². The molecule has 0 spiro atoms. The number of carbonyl (C=O) groups is 1. The van der Waals surface area contributed by atoms with E-state index in [0.29, 0.717) is 17.0 Å². The Labute approximate surface area is 210 Å². The molecule has 4 rings (SSSR count). The molecular weight excluding hydrogens is 498 g/mol. The van der Waals surface area contributed by atoms with Crippen LogP contribution in [0.3, 0.4) is 0 Å². The summed E-state index contributed by atoms with van der Waals surface area (Å²) in [6.45, 7) is 3.16. The summed E-state index contributed by atoms with van der Waals surface area (Å²) < 4.78 is 11.1. The molecular formula is C24H26ClNO6S2. The molecule has 1 aliphatic heterocycles. The fraction of sp³-hybridized carbons (Fsp3) is 0.417. The molecule has 0 amide bonds. The molecule has 0 aliphatic carbocycles. The van der Waals surface area contributed by atoms with E-state index in [1.807, 2.05) is 23.7 Å². The Balaban J connectivity index is 1.52. The average molecular weight is 524 g/mol. The molecule has 1 saturated heterocycles. The van der Waals surface area contributed by atoms with Gasteiger partial charge < -0.3 is 24.8 Å². The van der Waals surface area contributed by atoms with Gasteiger partial charge in [0.1, 0.15) is 37.1 Å². The maximum Gasteiger partial charge on any atom is 0.308 e. The second-order valence-corrected chi connectivity index (χ2v) is 10.8. The lowest BCUT2D eigenvalue weighted by atomic mass is 9.90. The first-order chi connectivity index (χ1) is 16.2. The number of hydrogen-bond acceptors (Lipinski definition) is 9. The number of carbonyl (C=O) groups excluding carboxylic acids is 1. The first-order valence-electron chi connectivity index (χ1n) is 10.9. The number of thiophene rings is 1. The average Bonchev–Trinajstić information content (AvgIpc) is 3.50. The van der Waals surface area contributed by atoms with E-state index < -0.39 is 36.5 Å². The molecule has 1 fully saturated rings. The van der Waals surface area contributed by atoms with Crippen molar-refractivity contribution in [1.29, 1.82) is 0 Å². The highest BCUT2D eigenvalue weighted by molar-refractivity contribution is 7.15. The van der Waals surface area contributed by atoms with Gasteiger partial charge in [0.2, 0.25) is 0 Å². The van der Waals surface area contributed by atoms with Crippen molar-refractivity contribution in [3.05, 3.63) is 62.4 Å². The van der Waals surface area contributed by atoms with Crippen LogP contribution in [0.15, 0.2) is 41.2 Å². The Morgan fingerprint density at radius 1 is 1.21 bits per heavy atom. The highest BCUT2D eigenvalue weighted by atomic mass is 35.5. The van der Waals surface area contributed by atoms with Gasteiger partial charge in [-0.05, 0) is 34.0 Å². The molecule has 10 heteroatoms. The van der Waals surface area contributed by atoms with Crippen molar-refractivity contribution < 1.29 is 29.6 Å². The molecule has 34 heavy (non-hydrogen) atoms. The molecule has 3 aromatic rings. The fourth-order valence-electron chi connectivity index (χ4n) is 3.70. The lowest BCUT2D eigenvalue weighted by Gasteiger charge is -2.40. The predicted molar refractivity (Wildman–Crippen MR) is 131 cm³/mol. The molecule has 7 nitrogen and oxygen atoms in total. The van der Waals surface area contributed by atoms with E-state index in [-0.39, 0.29) is 12.5 Å². The van der Waals surface area contributed by atoms with Gasteiger partial charge in [0.25, 0.3) is 0 Å². The van der Waals surface area contributed by atoms with Crippen molar-refractivity contribution in [2.24, 2.45) is 5.92 Å².